The van der Waals surface area contributed by atoms with Gasteiger partial charge >= 0.3 is 0 Å². The van der Waals surface area contributed by atoms with Crippen LogP contribution in [0.3, 0.4) is 0 Å². The molecule has 1 aliphatic rings. The molecule has 3 aromatic rings. The molecule has 4 rings (SSSR count). The molecule has 0 spiro atoms. The second-order valence-corrected chi connectivity index (χ2v) is 8.21. The maximum atomic E-state index is 12.4. The Kier molecular flexibility index (Phi) is 6.04. The fraction of sp³-hybridized carbons (Fsp3) is 0.375. The number of nitrogens with one attached hydrogen (secondary N) is 2. The van der Waals surface area contributed by atoms with Gasteiger partial charge in [0.25, 0.3) is 0 Å². The van der Waals surface area contributed by atoms with E-state index < -0.39 is 0 Å². The second-order valence-electron chi connectivity index (χ2n) is 8.21. The van der Waals surface area contributed by atoms with Crippen molar-refractivity contribution in [1.29, 1.82) is 0 Å². The highest BCUT2D eigenvalue weighted by Crippen LogP contribution is 2.41. The van der Waals surface area contributed by atoms with E-state index >= 15 is 0 Å². The minimum Gasteiger partial charge on any atom is -0.363 e. The predicted octanol–water partition coefficient (Wildman–Crippen LogP) is 3.77. The van der Waals surface area contributed by atoms with Crippen molar-refractivity contribution >= 4 is 17.4 Å². The monoisotopic (exact) mass is 418 g/mol. The molecule has 31 heavy (non-hydrogen) atoms. The Morgan fingerprint density at radius 2 is 2.10 bits per heavy atom. The maximum absolute atomic E-state index is 12.4. The molecule has 7 nitrogen and oxygen atoms in total. The van der Waals surface area contributed by atoms with Crippen molar-refractivity contribution in [3.8, 4) is 11.1 Å². The summed E-state index contributed by atoms with van der Waals surface area (Å²) in [5.74, 6) is 0.945. The van der Waals surface area contributed by atoms with Crippen molar-refractivity contribution in [2.24, 2.45) is 0 Å². The van der Waals surface area contributed by atoms with Crippen LogP contribution < -0.4 is 15.5 Å². The van der Waals surface area contributed by atoms with Gasteiger partial charge in [-0.3, -0.25) is 9.48 Å². The first-order chi connectivity index (χ1) is 15.0. The summed E-state index contributed by atoms with van der Waals surface area (Å²) < 4.78 is 1.95. The number of amides is 1. The van der Waals surface area contributed by atoms with Crippen molar-refractivity contribution in [3.63, 3.8) is 0 Å². The van der Waals surface area contributed by atoms with E-state index in [9.17, 15) is 4.79 Å². The van der Waals surface area contributed by atoms with Gasteiger partial charge in [0.15, 0.2) is 0 Å². The highest BCUT2D eigenvalue weighted by Gasteiger charge is 2.33. The molecule has 2 unspecified atom stereocenters. The van der Waals surface area contributed by atoms with Gasteiger partial charge in [-0.05, 0) is 62.2 Å². The summed E-state index contributed by atoms with van der Waals surface area (Å²) in [6.45, 7) is 7.48. The third-order valence-corrected chi connectivity index (χ3v) is 5.90. The van der Waals surface area contributed by atoms with Crippen molar-refractivity contribution in [3.05, 3.63) is 60.0 Å². The second kappa shape index (κ2) is 8.89. The maximum Gasteiger partial charge on any atom is 0.224 e. The fourth-order valence-corrected chi connectivity index (χ4v) is 4.32. The van der Waals surface area contributed by atoms with Crippen molar-refractivity contribution in [2.45, 2.75) is 45.8 Å². The smallest absolute Gasteiger partial charge is 0.224 e. The lowest BCUT2D eigenvalue weighted by Gasteiger charge is -2.39. The van der Waals surface area contributed by atoms with Gasteiger partial charge in [-0.1, -0.05) is 12.1 Å². The number of anilines is 2. The first-order valence-corrected chi connectivity index (χ1v) is 10.8. The van der Waals surface area contributed by atoms with Gasteiger partial charge in [-0.2, -0.15) is 5.10 Å². The average molecular weight is 419 g/mol. The summed E-state index contributed by atoms with van der Waals surface area (Å²) in [6.07, 6.45) is 6.59. The molecule has 1 aromatic carbocycles. The third-order valence-electron chi connectivity index (χ3n) is 5.90. The number of rotatable bonds is 6. The number of carbonyl (C=O) groups is 1. The van der Waals surface area contributed by atoms with Crippen molar-refractivity contribution in [2.75, 3.05) is 23.8 Å². The van der Waals surface area contributed by atoms with Gasteiger partial charge in [0.1, 0.15) is 5.82 Å². The van der Waals surface area contributed by atoms with Crippen molar-refractivity contribution in [1.82, 2.24) is 20.1 Å². The number of nitrogens with zero attached hydrogens (tertiary/aromatic N) is 4. The molecule has 0 aliphatic carbocycles. The van der Waals surface area contributed by atoms with E-state index in [1.54, 1.807) is 13.1 Å². The summed E-state index contributed by atoms with van der Waals surface area (Å²) >= 11 is 0. The van der Waals surface area contributed by atoms with Crippen LogP contribution >= 0.6 is 0 Å². The van der Waals surface area contributed by atoms with Crippen LogP contribution in [0.2, 0.25) is 0 Å². The topological polar surface area (TPSA) is 75.1 Å². The number of aryl methyl sites for hydroxylation is 1. The quantitative estimate of drug-likeness (QED) is 0.637. The molecule has 0 bridgehead atoms. The lowest BCUT2D eigenvalue weighted by atomic mass is 9.89. The number of fused-ring (bicyclic) bond motifs is 1. The number of hydrogen-bond donors (Lipinski definition) is 2. The molecular weight excluding hydrogens is 388 g/mol. The number of aromatic nitrogens is 3. The van der Waals surface area contributed by atoms with Crippen LogP contribution in [0.15, 0.2) is 48.9 Å². The highest BCUT2D eigenvalue weighted by molar-refractivity contribution is 5.94. The summed E-state index contributed by atoms with van der Waals surface area (Å²) in [5.41, 5.74) is 5.34. The lowest BCUT2D eigenvalue weighted by molar-refractivity contribution is -0.117. The molecular formula is C24H30N6O. The van der Waals surface area contributed by atoms with Crippen molar-refractivity contribution < 1.29 is 4.79 Å². The number of benzene rings is 1. The SMILES string of the molecule is CNCCn1cc(-c2ccc3c(c2)C(Nc2ncccc2C)CC(C)N3C(C)=O)cn1. The number of hydrogen-bond acceptors (Lipinski definition) is 5. The molecule has 2 atom stereocenters. The standard InChI is InChI=1S/C24H30N6O/c1-16-6-5-9-26-24(16)28-22-12-17(2)30(18(3)31)23-8-7-19(13-21(22)23)20-14-27-29(15-20)11-10-25-4/h5-9,13-15,17,22,25H,10-12H2,1-4H3,(H,26,28). The number of pyridine rings is 1. The molecule has 1 amide bonds. The molecule has 2 N–H and O–H groups in total. The fourth-order valence-electron chi connectivity index (χ4n) is 4.32. The van der Waals surface area contributed by atoms with Gasteiger partial charge < -0.3 is 15.5 Å². The van der Waals surface area contributed by atoms with Crippen LogP contribution in [0.25, 0.3) is 11.1 Å². The van der Waals surface area contributed by atoms with Crippen LogP contribution in [0, 0.1) is 6.92 Å². The predicted molar refractivity (Wildman–Crippen MR) is 124 cm³/mol. The van der Waals surface area contributed by atoms with E-state index in [-0.39, 0.29) is 18.0 Å². The summed E-state index contributed by atoms with van der Waals surface area (Å²) in [4.78, 5) is 18.9. The zero-order valence-electron chi connectivity index (χ0n) is 18.6. The first kappa shape index (κ1) is 21.1. The minimum atomic E-state index is 0.0634. The lowest BCUT2D eigenvalue weighted by Crippen LogP contribution is -2.43. The normalized spacial score (nSPS) is 18.0. The van der Waals surface area contributed by atoms with Gasteiger partial charge in [-0.25, -0.2) is 4.98 Å². The minimum absolute atomic E-state index is 0.0634. The molecule has 0 saturated carbocycles. The van der Waals surface area contributed by atoms with Crippen LogP contribution in [0.4, 0.5) is 11.5 Å². The van der Waals surface area contributed by atoms with E-state index in [0.29, 0.717) is 0 Å². The Morgan fingerprint density at radius 3 is 2.84 bits per heavy atom. The Balaban J connectivity index is 1.72. The Labute approximate surface area is 183 Å². The molecule has 1 aliphatic heterocycles. The summed E-state index contributed by atoms with van der Waals surface area (Å²) in [7, 11) is 1.94. The molecule has 7 heteroatoms. The largest absolute Gasteiger partial charge is 0.363 e. The molecule has 0 fully saturated rings. The molecule has 3 heterocycles. The van der Waals surface area contributed by atoms with E-state index in [1.165, 1.54) is 0 Å². The summed E-state index contributed by atoms with van der Waals surface area (Å²) in [6, 6.07) is 10.5. The zero-order valence-corrected chi connectivity index (χ0v) is 18.6. The molecule has 162 valence electrons. The Morgan fingerprint density at radius 1 is 1.26 bits per heavy atom. The molecule has 2 aromatic heterocycles. The Hall–Kier alpha value is -3.19. The van der Waals surface area contributed by atoms with E-state index in [1.807, 2.05) is 28.9 Å². The van der Waals surface area contributed by atoms with Gasteiger partial charge in [0.05, 0.1) is 18.8 Å². The van der Waals surface area contributed by atoms with E-state index in [0.717, 1.165) is 53.3 Å². The van der Waals surface area contributed by atoms with Crippen LogP contribution in [0.5, 0.6) is 0 Å². The number of likely N-dealkylation sites (N-methyl/N-ethyl adjacent to an activating group) is 1. The number of carbonyl (C=O) groups excluding carboxylic acids is 1. The first-order valence-electron chi connectivity index (χ1n) is 10.8. The van der Waals surface area contributed by atoms with Crippen LogP contribution in [-0.2, 0) is 11.3 Å². The van der Waals surface area contributed by atoms with Crippen LogP contribution in [-0.4, -0.2) is 40.3 Å². The van der Waals surface area contributed by atoms with Gasteiger partial charge in [-0.15, -0.1) is 0 Å². The Bertz CT molecular complexity index is 1080. The van der Waals surface area contributed by atoms with Gasteiger partial charge in [0, 0.05) is 43.2 Å². The van der Waals surface area contributed by atoms with Crippen LogP contribution in [0.1, 0.15) is 37.4 Å². The molecule has 0 radical (unpaired) electrons. The highest BCUT2D eigenvalue weighted by atomic mass is 16.2. The van der Waals surface area contributed by atoms with Gasteiger partial charge in [0.2, 0.25) is 5.91 Å². The van der Waals surface area contributed by atoms with E-state index in [4.69, 9.17) is 0 Å². The average Bonchev–Trinajstić information content (AvgIpc) is 3.22. The zero-order chi connectivity index (χ0) is 22.0. The molecule has 0 saturated heterocycles. The third kappa shape index (κ3) is 4.32. The summed E-state index contributed by atoms with van der Waals surface area (Å²) in [5, 5.41) is 11.3. The van der Waals surface area contributed by atoms with E-state index in [2.05, 4.69) is 65.0 Å².